The fraction of sp³-hybridized carbons (Fsp3) is 0.200. The first-order chi connectivity index (χ1) is 15.4. The quantitative estimate of drug-likeness (QED) is 0.542. The summed E-state index contributed by atoms with van der Waals surface area (Å²) in [5.74, 6) is -1.23. The summed E-state index contributed by atoms with van der Waals surface area (Å²) in [6.07, 6.45) is -0.760. The molecule has 1 aliphatic rings. The van der Waals surface area contributed by atoms with Gasteiger partial charge in [0.2, 0.25) is 0 Å². The van der Waals surface area contributed by atoms with Gasteiger partial charge in [0.25, 0.3) is 0 Å². The molecule has 6 nitrogen and oxygen atoms in total. The average molecular weight is 451 g/mol. The molecule has 1 atom stereocenters. The zero-order valence-electron chi connectivity index (χ0n) is 17.5. The first-order valence-corrected chi connectivity index (χ1v) is 10.6. The van der Waals surface area contributed by atoms with Gasteiger partial charge < -0.3 is 20.1 Å². The molecule has 3 aromatic carbocycles. The second-order valence-electron chi connectivity index (χ2n) is 7.72. The average Bonchev–Trinajstić information content (AvgIpc) is 3.11. The Morgan fingerprint density at radius 2 is 1.56 bits per heavy atom. The van der Waals surface area contributed by atoms with Crippen molar-refractivity contribution in [2.75, 3.05) is 25.1 Å². The van der Waals surface area contributed by atoms with E-state index in [0.29, 0.717) is 5.02 Å². The van der Waals surface area contributed by atoms with Crippen molar-refractivity contribution in [3.05, 3.63) is 88.9 Å². The van der Waals surface area contributed by atoms with Gasteiger partial charge in [-0.25, -0.2) is 9.59 Å². The molecular formula is C25H23ClN2O4. The summed E-state index contributed by atoms with van der Waals surface area (Å²) in [5.41, 5.74) is 5.24. The van der Waals surface area contributed by atoms with Gasteiger partial charge in [0.05, 0.1) is 0 Å². The number of hydrogen-bond acceptors (Lipinski definition) is 4. The summed E-state index contributed by atoms with van der Waals surface area (Å²) >= 11 is 5.91. The number of likely N-dealkylation sites (N-methyl/N-ethyl adjacent to an activating group) is 1. The minimum atomic E-state index is -1.14. The predicted octanol–water partition coefficient (Wildman–Crippen LogP) is 4.77. The summed E-state index contributed by atoms with van der Waals surface area (Å²) in [4.78, 5) is 25.9. The van der Waals surface area contributed by atoms with Crippen LogP contribution in [0.5, 0.6) is 0 Å². The Morgan fingerprint density at radius 3 is 2.12 bits per heavy atom. The van der Waals surface area contributed by atoms with Crippen molar-refractivity contribution in [2.24, 2.45) is 0 Å². The normalized spacial score (nSPS) is 13.1. The number of carbonyl (C=O) groups is 2. The third-order valence-electron chi connectivity index (χ3n) is 5.66. The SMILES string of the molecule is CN(C[C@H](NC(=O)OCC1c2ccccc2-c2ccccc21)C(=O)O)c1ccc(Cl)cc1. The van der Waals surface area contributed by atoms with E-state index in [9.17, 15) is 14.7 Å². The highest BCUT2D eigenvalue weighted by Gasteiger charge is 2.30. The number of ether oxygens (including phenoxy) is 1. The third-order valence-corrected chi connectivity index (χ3v) is 5.91. The number of nitrogens with zero attached hydrogens (tertiary/aromatic N) is 1. The Balaban J connectivity index is 1.40. The maximum Gasteiger partial charge on any atom is 0.407 e. The number of nitrogens with one attached hydrogen (secondary N) is 1. The topological polar surface area (TPSA) is 78.9 Å². The molecule has 0 aromatic heterocycles. The van der Waals surface area contributed by atoms with Crippen molar-refractivity contribution in [3.63, 3.8) is 0 Å². The number of hydrogen-bond donors (Lipinski definition) is 2. The smallest absolute Gasteiger partial charge is 0.407 e. The number of fused-ring (bicyclic) bond motifs is 3. The van der Waals surface area contributed by atoms with Gasteiger partial charge in [-0.2, -0.15) is 0 Å². The molecule has 0 saturated carbocycles. The second kappa shape index (κ2) is 9.32. The fourth-order valence-electron chi connectivity index (χ4n) is 4.04. The lowest BCUT2D eigenvalue weighted by Crippen LogP contribution is -2.48. The molecule has 7 heteroatoms. The standard InChI is InChI=1S/C25H23ClN2O4/c1-28(17-12-10-16(26)11-13-17)14-23(24(29)30)27-25(31)32-15-22-20-8-4-2-6-18(20)19-7-3-5-9-21(19)22/h2-13,22-23H,14-15H2,1H3,(H,27,31)(H,29,30)/t23-/m0/s1. The largest absolute Gasteiger partial charge is 0.480 e. The van der Waals surface area contributed by atoms with Gasteiger partial charge in [-0.1, -0.05) is 60.1 Å². The van der Waals surface area contributed by atoms with E-state index in [4.69, 9.17) is 16.3 Å². The van der Waals surface area contributed by atoms with Crippen molar-refractivity contribution >= 4 is 29.4 Å². The van der Waals surface area contributed by atoms with Crippen LogP contribution in [0, 0.1) is 0 Å². The van der Waals surface area contributed by atoms with Crippen LogP contribution in [-0.2, 0) is 9.53 Å². The molecule has 4 rings (SSSR count). The Labute approximate surface area is 191 Å². The number of halogens is 1. The maximum atomic E-state index is 12.5. The van der Waals surface area contributed by atoms with Crippen LogP contribution in [0.3, 0.4) is 0 Å². The van der Waals surface area contributed by atoms with Crippen LogP contribution in [0.4, 0.5) is 10.5 Å². The number of alkyl carbamates (subject to hydrolysis) is 1. The van der Waals surface area contributed by atoms with E-state index in [1.807, 2.05) is 36.4 Å². The van der Waals surface area contributed by atoms with E-state index in [2.05, 4.69) is 17.4 Å². The van der Waals surface area contributed by atoms with Crippen molar-refractivity contribution in [1.29, 1.82) is 0 Å². The predicted molar refractivity (Wildman–Crippen MR) is 124 cm³/mol. The molecule has 1 aliphatic carbocycles. The number of carbonyl (C=O) groups excluding carboxylic acids is 1. The summed E-state index contributed by atoms with van der Waals surface area (Å²) in [5, 5.41) is 12.6. The molecule has 0 saturated heterocycles. The van der Waals surface area contributed by atoms with Crippen LogP contribution < -0.4 is 10.2 Å². The molecule has 0 spiro atoms. The van der Waals surface area contributed by atoms with Gasteiger partial charge in [0, 0.05) is 30.2 Å². The second-order valence-corrected chi connectivity index (χ2v) is 8.15. The highest BCUT2D eigenvalue weighted by Crippen LogP contribution is 2.44. The molecule has 0 aliphatic heterocycles. The number of amides is 1. The minimum Gasteiger partial charge on any atom is -0.480 e. The number of carboxylic acid groups (broad SMARTS) is 1. The van der Waals surface area contributed by atoms with Crippen LogP contribution in [0.15, 0.2) is 72.8 Å². The van der Waals surface area contributed by atoms with E-state index >= 15 is 0 Å². The van der Waals surface area contributed by atoms with E-state index in [1.54, 1.807) is 36.2 Å². The Morgan fingerprint density at radius 1 is 1.00 bits per heavy atom. The lowest BCUT2D eigenvalue weighted by molar-refractivity contribution is -0.139. The van der Waals surface area contributed by atoms with Gasteiger partial charge >= 0.3 is 12.1 Å². The molecule has 3 aromatic rings. The number of benzene rings is 3. The molecule has 32 heavy (non-hydrogen) atoms. The Hall–Kier alpha value is -3.51. The fourth-order valence-corrected chi connectivity index (χ4v) is 4.17. The maximum absolute atomic E-state index is 12.5. The highest BCUT2D eigenvalue weighted by molar-refractivity contribution is 6.30. The highest BCUT2D eigenvalue weighted by atomic mass is 35.5. The van der Waals surface area contributed by atoms with Gasteiger partial charge in [0.1, 0.15) is 12.6 Å². The molecule has 0 unspecified atom stereocenters. The van der Waals surface area contributed by atoms with E-state index < -0.39 is 18.1 Å². The number of carboxylic acids is 1. The molecule has 164 valence electrons. The van der Waals surface area contributed by atoms with E-state index in [0.717, 1.165) is 27.9 Å². The molecule has 0 heterocycles. The van der Waals surface area contributed by atoms with Crippen LogP contribution in [0.1, 0.15) is 17.0 Å². The first-order valence-electron chi connectivity index (χ1n) is 10.2. The molecule has 0 fully saturated rings. The van der Waals surface area contributed by atoms with Crippen molar-refractivity contribution in [3.8, 4) is 11.1 Å². The lowest BCUT2D eigenvalue weighted by atomic mass is 9.98. The molecule has 0 radical (unpaired) electrons. The van der Waals surface area contributed by atoms with Crippen LogP contribution in [0.2, 0.25) is 5.02 Å². The Kier molecular flexibility index (Phi) is 6.32. The monoisotopic (exact) mass is 450 g/mol. The van der Waals surface area contributed by atoms with Crippen LogP contribution in [0.25, 0.3) is 11.1 Å². The van der Waals surface area contributed by atoms with Gasteiger partial charge in [-0.15, -0.1) is 0 Å². The lowest BCUT2D eigenvalue weighted by Gasteiger charge is -2.24. The Bertz CT molecular complexity index is 1090. The van der Waals surface area contributed by atoms with Gasteiger partial charge in [-0.3, -0.25) is 0 Å². The summed E-state index contributed by atoms with van der Waals surface area (Å²) < 4.78 is 5.47. The van der Waals surface area contributed by atoms with Crippen molar-refractivity contribution in [1.82, 2.24) is 5.32 Å². The van der Waals surface area contributed by atoms with E-state index in [-0.39, 0.29) is 19.1 Å². The number of anilines is 1. The number of aliphatic carboxylic acids is 1. The first kappa shape index (κ1) is 21.7. The van der Waals surface area contributed by atoms with Crippen molar-refractivity contribution < 1.29 is 19.4 Å². The molecule has 0 bridgehead atoms. The van der Waals surface area contributed by atoms with Crippen molar-refractivity contribution in [2.45, 2.75) is 12.0 Å². The summed E-state index contributed by atoms with van der Waals surface area (Å²) in [7, 11) is 1.75. The zero-order valence-corrected chi connectivity index (χ0v) is 18.3. The molecular weight excluding hydrogens is 428 g/mol. The zero-order chi connectivity index (χ0) is 22.7. The summed E-state index contributed by atoms with van der Waals surface area (Å²) in [6, 6.07) is 22.0. The number of rotatable bonds is 7. The van der Waals surface area contributed by atoms with Crippen LogP contribution >= 0.6 is 11.6 Å². The summed E-state index contributed by atoms with van der Waals surface area (Å²) in [6.45, 7) is 0.195. The van der Waals surface area contributed by atoms with E-state index in [1.165, 1.54) is 0 Å². The van der Waals surface area contributed by atoms with Gasteiger partial charge in [0.15, 0.2) is 0 Å². The van der Waals surface area contributed by atoms with Crippen LogP contribution in [-0.4, -0.2) is 43.4 Å². The minimum absolute atomic E-state index is 0.0706. The molecule has 2 N–H and O–H groups in total. The third kappa shape index (κ3) is 4.55. The molecule has 1 amide bonds. The van der Waals surface area contributed by atoms with Gasteiger partial charge in [-0.05, 0) is 46.5 Å².